The third kappa shape index (κ3) is 1.41. The Morgan fingerprint density at radius 1 is 1.18 bits per heavy atom. The predicted octanol–water partition coefficient (Wildman–Crippen LogP) is 2.10. The van der Waals surface area contributed by atoms with Gasteiger partial charge >= 0.3 is 0 Å². The van der Waals surface area contributed by atoms with E-state index in [1.165, 1.54) is 45.3 Å². The van der Waals surface area contributed by atoms with Crippen molar-refractivity contribution >= 4 is 11.6 Å². The molecular weight excluding hydrogens is 158 g/mol. The highest BCUT2D eigenvalue weighted by Gasteiger charge is 2.37. The van der Waals surface area contributed by atoms with Crippen molar-refractivity contribution in [3.05, 3.63) is 0 Å². The maximum absolute atomic E-state index is 6.01. The highest BCUT2D eigenvalue weighted by atomic mass is 35.5. The van der Waals surface area contributed by atoms with Gasteiger partial charge in [-0.25, -0.2) is 0 Å². The quantitative estimate of drug-likeness (QED) is 0.549. The summed E-state index contributed by atoms with van der Waals surface area (Å²) in [6, 6.07) is 0. The van der Waals surface area contributed by atoms with Gasteiger partial charge in [-0.2, -0.15) is 0 Å². The van der Waals surface area contributed by atoms with Crippen molar-refractivity contribution < 1.29 is 0 Å². The number of piperidine rings is 2. The number of rotatable bonds is 1. The summed E-state index contributed by atoms with van der Waals surface area (Å²) >= 11 is 6.01. The van der Waals surface area contributed by atoms with Gasteiger partial charge in [0.1, 0.15) is 0 Å². The highest BCUT2D eigenvalue weighted by molar-refractivity contribution is 6.18. The van der Waals surface area contributed by atoms with E-state index < -0.39 is 0 Å². The normalized spacial score (nSPS) is 43.9. The fraction of sp³-hybridized carbons (Fsp3) is 1.00. The van der Waals surface area contributed by atoms with Crippen LogP contribution in [0.25, 0.3) is 0 Å². The van der Waals surface area contributed by atoms with Crippen molar-refractivity contribution in [3.8, 4) is 0 Å². The van der Waals surface area contributed by atoms with Crippen LogP contribution in [-0.2, 0) is 0 Å². The summed E-state index contributed by atoms with van der Waals surface area (Å²) in [5, 5.41) is 0. The SMILES string of the molecule is ClCC12CCCN(CCC1)C2. The number of alkyl halides is 1. The minimum absolute atomic E-state index is 0.512. The zero-order valence-electron chi connectivity index (χ0n) is 6.98. The molecule has 0 N–H and O–H groups in total. The van der Waals surface area contributed by atoms with Crippen LogP contribution in [0.4, 0.5) is 0 Å². The van der Waals surface area contributed by atoms with E-state index in [-0.39, 0.29) is 0 Å². The van der Waals surface area contributed by atoms with Crippen LogP contribution in [0.15, 0.2) is 0 Å². The summed E-state index contributed by atoms with van der Waals surface area (Å²) in [4.78, 5) is 2.58. The standard InChI is InChI=1S/C9H16ClN/c10-7-9-3-1-5-11(8-9)6-2-4-9/h1-8H2. The van der Waals surface area contributed by atoms with Gasteiger partial charge in [-0.05, 0) is 44.2 Å². The number of hydrogen-bond donors (Lipinski definition) is 0. The minimum atomic E-state index is 0.512. The second-order valence-electron chi connectivity index (χ2n) is 4.12. The molecule has 2 fully saturated rings. The lowest BCUT2D eigenvalue weighted by molar-refractivity contribution is 0.0551. The topological polar surface area (TPSA) is 3.24 Å². The Kier molecular flexibility index (Phi) is 2.11. The highest BCUT2D eigenvalue weighted by Crippen LogP contribution is 2.38. The fourth-order valence-electron chi connectivity index (χ4n) is 2.56. The van der Waals surface area contributed by atoms with Crippen molar-refractivity contribution in [1.82, 2.24) is 4.90 Å². The van der Waals surface area contributed by atoms with Gasteiger partial charge in [0.05, 0.1) is 0 Å². The first kappa shape index (κ1) is 7.88. The molecule has 64 valence electrons. The van der Waals surface area contributed by atoms with E-state index in [0.717, 1.165) is 5.88 Å². The largest absolute Gasteiger partial charge is 0.303 e. The molecule has 0 spiro atoms. The molecule has 2 saturated heterocycles. The van der Waals surface area contributed by atoms with Gasteiger partial charge in [-0.1, -0.05) is 0 Å². The van der Waals surface area contributed by atoms with Gasteiger partial charge in [0, 0.05) is 12.4 Å². The molecule has 2 heteroatoms. The Morgan fingerprint density at radius 2 is 1.82 bits per heavy atom. The molecule has 0 aromatic rings. The maximum atomic E-state index is 6.01. The molecule has 2 bridgehead atoms. The van der Waals surface area contributed by atoms with Gasteiger partial charge < -0.3 is 4.90 Å². The summed E-state index contributed by atoms with van der Waals surface area (Å²) in [6.07, 6.45) is 5.47. The second kappa shape index (κ2) is 2.95. The van der Waals surface area contributed by atoms with Crippen LogP contribution in [0.3, 0.4) is 0 Å². The van der Waals surface area contributed by atoms with Crippen molar-refractivity contribution in [2.75, 3.05) is 25.5 Å². The predicted molar refractivity (Wildman–Crippen MR) is 48.1 cm³/mol. The maximum Gasteiger partial charge on any atom is 0.0292 e. The molecule has 2 heterocycles. The first-order valence-electron chi connectivity index (χ1n) is 4.63. The average molecular weight is 174 g/mol. The van der Waals surface area contributed by atoms with Crippen molar-refractivity contribution in [2.45, 2.75) is 25.7 Å². The average Bonchev–Trinajstić information content (AvgIpc) is 2.05. The van der Waals surface area contributed by atoms with Gasteiger partial charge in [0.25, 0.3) is 0 Å². The number of fused-ring (bicyclic) bond motifs is 2. The third-order valence-electron chi connectivity index (χ3n) is 3.21. The van der Waals surface area contributed by atoms with E-state index in [4.69, 9.17) is 11.6 Å². The smallest absolute Gasteiger partial charge is 0.0292 e. The Morgan fingerprint density at radius 3 is 2.27 bits per heavy atom. The zero-order valence-corrected chi connectivity index (χ0v) is 7.74. The second-order valence-corrected chi connectivity index (χ2v) is 4.38. The molecule has 0 atom stereocenters. The summed E-state index contributed by atoms with van der Waals surface area (Å²) in [5.74, 6) is 0.878. The van der Waals surface area contributed by atoms with Crippen LogP contribution in [0.1, 0.15) is 25.7 Å². The summed E-state index contributed by atoms with van der Waals surface area (Å²) < 4.78 is 0. The van der Waals surface area contributed by atoms with Crippen LogP contribution < -0.4 is 0 Å². The lowest BCUT2D eigenvalue weighted by Crippen LogP contribution is -2.48. The minimum Gasteiger partial charge on any atom is -0.303 e. The van der Waals surface area contributed by atoms with E-state index in [0.29, 0.717) is 5.41 Å². The van der Waals surface area contributed by atoms with E-state index >= 15 is 0 Å². The fourth-order valence-corrected chi connectivity index (χ4v) is 2.91. The van der Waals surface area contributed by atoms with Gasteiger partial charge in [-0.3, -0.25) is 0 Å². The molecule has 0 aliphatic carbocycles. The summed E-state index contributed by atoms with van der Waals surface area (Å²) in [7, 11) is 0. The Bertz CT molecular complexity index is 136. The summed E-state index contributed by atoms with van der Waals surface area (Å²) in [6.45, 7) is 3.91. The third-order valence-corrected chi connectivity index (χ3v) is 3.77. The van der Waals surface area contributed by atoms with Crippen LogP contribution in [-0.4, -0.2) is 30.4 Å². The van der Waals surface area contributed by atoms with Crippen LogP contribution in [0, 0.1) is 5.41 Å². The van der Waals surface area contributed by atoms with Crippen LogP contribution in [0.5, 0.6) is 0 Å². The molecule has 11 heavy (non-hydrogen) atoms. The van der Waals surface area contributed by atoms with Gasteiger partial charge in [0.15, 0.2) is 0 Å². The molecule has 0 saturated carbocycles. The number of hydrogen-bond acceptors (Lipinski definition) is 1. The Balaban J connectivity index is 2.07. The number of halogens is 1. The van der Waals surface area contributed by atoms with Crippen molar-refractivity contribution in [2.24, 2.45) is 5.41 Å². The Labute approximate surface area is 73.7 Å². The first-order valence-corrected chi connectivity index (χ1v) is 5.16. The lowest BCUT2D eigenvalue weighted by atomic mass is 9.75. The van der Waals surface area contributed by atoms with E-state index in [1.54, 1.807) is 0 Å². The molecule has 0 aromatic heterocycles. The van der Waals surface area contributed by atoms with Gasteiger partial charge in [0.2, 0.25) is 0 Å². The molecule has 2 aliphatic heterocycles. The lowest BCUT2D eigenvalue weighted by Gasteiger charge is -2.46. The number of nitrogens with zero attached hydrogens (tertiary/aromatic N) is 1. The molecule has 2 aliphatic rings. The molecule has 0 radical (unpaired) electrons. The molecule has 2 rings (SSSR count). The summed E-state index contributed by atoms with van der Waals surface area (Å²) in [5.41, 5.74) is 0.512. The molecule has 1 nitrogen and oxygen atoms in total. The van der Waals surface area contributed by atoms with E-state index in [2.05, 4.69) is 4.90 Å². The van der Waals surface area contributed by atoms with Gasteiger partial charge in [-0.15, -0.1) is 11.6 Å². The van der Waals surface area contributed by atoms with Crippen molar-refractivity contribution in [1.29, 1.82) is 0 Å². The van der Waals surface area contributed by atoms with Crippen molar-refractivity contribution in [3.63, 3.8) is 0 Å². The van der Waals surface area contributed by atoms with E-state index in [1.807, 2.05) is 0 Å². The molecule has 0 amide bonds. The first-order chi connectivity index (χ1) is 5.35. The molecular formula is C9H16ClN. The monoisotopic (exact) mass is 173 g/mol. The molecule has 0 aromatic carbocycles. The van der Waals surface area contributed by atoms with Crippen LogP contribution >= 0.6 is 11.6 Å². The van der Waals surface area contributed by atoms with E-state index in [9.17, 15) is 0 Å². The Hall–Kier alpha value is 0.250. The molecule has 0 unspecified atom stereocenters. The zero-order chi connectivity index (χ0) is 7.73. The van der Waals surface area contributed by atoms with Crippen LogP contribution in [0.2, 0.25) is 0 Å².